The lowest BCUT2D eigenvalue weighted by Gasteiger charge is -2.30. The van der Waals surface area contributed by atoms with Crippen LogP contribution in [0.4, 0.5) is 8.63 Å². The number of thiocarbonyl (C=S) groups is 1. The highest BCUT2D eigenvalue weighted by Gasteiger charge is 2.52. The second kappa shape index (κ2) is 36.7. The average Bonchev–Trinajstić information content (AvgIpc) is 1.60. The highest BCUT2D eigenvalue weighted by atomic mass is 32.2. The zero-order chi connectivity index (χ0) is 71.1. The fraction of sp³-hybridized carbons (Fsp3) is 0.462. The summed E-state index contributed by atoms with van der Waals surface area (Å²) in [6.45, 7) is -1.71. The normalized spacial score (nSPS) is 16.3. The zero-order valence-electron chi connectivity index (χ0n) is 53.6. The number of carbonyl (C=O) groups excluding carboxylic acids is 9. The van der Waals surface area contributed by atoms with Gasteiger partial charge in [-0.3, -0.25) is 62.4 Å². The number of ketones is 3. The van der Waals surface area contributed by atoms with Crippen LogP contribution in [0, 0.1) is 25.7 Å². The van der Waals surface area contributed by atoms with Crippen molar-refractivity contribution in [1.29, 1.82) is 0 Å². The summed E-state index contributed by atoms with van der Waals surface area (Å²) in [5.41, 5.74) is 9.56. The Balaban J connectivity index is 0.971. The van der Waals surface area contributed by atoms with Gasteiger partial charge in [0.05, 0.1) is 29.7 Å². The molecule has 3 aliphatic heterocycles. The summed E-state index contributed by atoms with van der Waals surface area (Å²) >= 11 is 5.87. The molecule has 27 nitrogen and oxygen atoms in total. The van der Waals surface area contributed by atoms with Gasteiger partial charge in [0.2, 0.25) is 35.4 Å². The molecule has 32 heteroatoms. The number of carbonyl (C=O) groups is 13. The lowest BCUT2D eigenvalue weighted by Crippen LogP contribution is -2.53. The van der Waals surface area contributed by atoms with E-state index in [1.807, 2.05) is 0 Å². The number of nitrogens with zero attached hydrogens (tertiary/aromatic N) is 3. The van der Waals surface area contributed by atoms with Crippen LogP contribution in [0.5, 0.6) is 0 Å². The predicted octanol–water partition coefficient (Wildman–Crippen LogP) is 2.76. The molecule has 12 N–H and O–H groups in total. The van der Waals surface area contributed by atoms with Gasteiger partial charge in [-0.25, -0.2) is 4.79 Å². The first-order valence-corrected chi connectivity index (χ1v) is 33.2. The molecule has 3 aromatic rings. The van der Waals surface area contributed by atoms with Crippen LogP contribution in [0.25, 0.3) is 6.08 Å². The van der Waals surface area contributed by atoms with E-state index < -0.39 is 151 Å². The van der Waals surface area contributed by atoms with E-state index in [1.54, 1.807) is 92.7 Å². The number of hydrogen-bond acceptors (Lipinski definition) is 16. The molecule has 1 fully saturated rings. The van der Waals surface area contributed by atoms with Gasteiger partial charge in [0.25, 0.3) is 0 Å². The number of Topliss-reactive ketones (excluding diaryl/α,β-unsaturated/α-hetero) is 3. The quantitative estimate of drug-likeness (QED) is 0.0168. The number of halogens is 2. The van der Waals surface area contributed by atoms with Crippen LogP contribution in [-0.2, 0) is 75.2 Å². The van der Waals surface area contributed by atoms with Crippen molar-refractivity contribution in [1.82, 2.24) is 41.3 Å². The van der Waals surface area contributed by atoms with Crippen molar-refractivity contribution in [2.45, 2.75) is 146 Å². The number of benzene rings is 2. The molecule has 522 valence electrons. The lowest BCUT2D eigenvalue weighted by molar-refractivity contribution is -0.362. The van der Waals surface area contributed by atoms with Crippen LogP contribution >= 0.6 is 24.0 Å². The SMILES string of the molecule is Cc1cc(C)n2c1C=C1C=CC(CCC(=O)NCCN3C(=O)CC(SC[C@H](CC(=O)[C@H](CC(=O)O)NC(=O)[C@@H](N)CNC(=O)[C@@H](CC(=O)[C@H](Cc4ccccc4)NC(=O)CCCCC(=O)CC[C@H](NC(=S)NCCCC(=O)O)C(=O)O)Cc4ccccc4)C(=O)O)C3=O)=[N+]1[B-]2(F)F. The minimum Gasteiger partial charge on any atom is -0.481 e. The summed E-state index contributed by atoms with van der Waals surface area (Å²) < 4.78 is 33.6. The standard InChI is InChI=1S/C65H81BF2N10O17S2/c1-38-28-39(2)77-51(38)33-45-20-19-44(78(45)66(77,67)68)21-24-55(82)70-26-27-76-57(84)35-54(62(76)91)97-37-43(63(92)93)32-53(81)50(34-59(87)88)74-61(90)47(69)36-72-60(89)42(29-40-12-5-3-6-13-40)31-52(80)49(30-41-14-7-4-8-15-41)73-56(83)17-10-9-16-46(79)22-23-48(64(94)95)75-65(96)71-25-11-18-58(85)86/h3-8,12-15,19-20,28,33,42-43,47-50,54H,9-11,16-18,21-27,29-32,34-37,69H2,1-2H3,(H,70,82)(H,72,89)(H,73,83)(H,74,90)(H,85,86)(H,87,88)(H,92,93)(H,94,95)(H2,71,75,96)/t42-,43+,47+,48+,49+,50+,54?/m1/s1. The number of rotatable bonds is 42. The number of carboxylic acids is 4. The first kappa shape index (κ1) is 76.7. The lowest BCUT2D eigenvalue weighted by atomic mass is 9.89. The number of carboxylic acid groups (broad SMARTS) is 4. The molecule has 6 rings (SSSR count). The van der Waals surface area contributed by atoms with Crippen LogP contribution in [0.15, 0.2) is 84.6 Å². The molecule has 2 aromatic carbocycles. The Morgan fingerprint density at radius 3 is 1.99 bits per heavy atom. The molecule has 0 saturated carbocycles. The number of aromatic nitrogens is 1. The summed E-state index contributed by atoms with van der Waals surface area (Å²) in [7, 11) is 0. The summed E-state index contributed by atoms with van der Waals surface area (Å²) in [4.78, 5) is 169. The molecule has 1 saturated heterocycles. The van der Waals surface area contributed by atoms with Crippen LogP contribution in [0.1, 0.15) is 118 Å². The Labute approximate surface area is 567 Å². The van der Waals surface area contributed by atoms with E-state index in [9.17, 15) is 77.6 Å². The number of fused-ring (bicyclic) bond motifs is 2. The van der Waals surface area contributed by atoms with Crippen LogP contribution in [0.3, 0.4) is 0 Å². The monoisotopic (exact) mass is 1390 g/mol. The fourth-order valence-electron chi connectivity index (χ4n) is 11.4. The van der Waals surface area contributed by atoms with E-state index >= 15 is 8.63 Å². The third kappa shape index (κ3) is 23.2. The molecule has 97 heavy (non-hydrogen) atoms. The van der Waals surface area contributed by atoms with Crippen molar-refractivity contribution in [2.24, 2.45) is 17.6 Å². The molecule has 3 aliphatic rings. The van der Waals surface area contributed by atoms with E-state index in [4.69, 9.17) is 23.1 Å². The van der Waals surface area contributed by atoms with Crippen molar-refractivity contribution in [3.8, 4) is 0 Å². The maximum atomic E-state index is 15.9. The van der Waals surface area contributed by atoms with Crippen molar-refractivity contribution in [3.63, 3.8) is 0 Å². The summed E-state index contributed by atoms with van der Waals surface area (Å²) in [5, 5.41) is 52.7. The average molecular weight is 1390 g/mol. The Kier molecular flexibility index (Phi) is 29.0. The number of likely N-dealkylation sites (tertiary alicyclic amines) is 1. The van der Waals surface area contributed by atoms with Gasteiger partial charge in [0, 0.05) is 120 Å². The van der Waals surface area contributed by atoms with E-state index in [2.05, 4.69) is 31.9 Å². The molecule has 7 atom stereocenters. The number of aliphatic carboxylic acids is 4. The second-order valence-corrected chi connectivity index (χ2v) is 25.6. The van der Waals surface area contributed by atoms with E-state index in [1.165, 1.54) is 6.08 Å². The summed E-state index contributed by atoms with van der Waals surface area (Å²) in [6.07, 6.45) is 2.35. The van der Waals surface area contributed by atoms with E-state index in [0.717, 1.165) is 25.6 Å². The number of thioether (sulfide) groups is 1. The number of allylic oxidation sites excluding steroid dienone is 2. The van der Waals surface area contributed by atoms with E-state index in [0.29, 0.717) is 33.8 Å². The van der Waals surface area contributed by atoms with Gasteiger partial charge in [-0.1, -0.05) is 60.7 Å². The summed E-state index contributed by atoms with van der Waals surface area (Å²) in [6, 6.07) is 13.3. The van der Waals surface area contributed by atoms with Gasteiger partial charge in [-0.05, 0) is 93.0 Å². The van der Waals surface area contributed by atoms with E-state index in [-0.39, 0.29) is 120 Å². The molecule has 0 spiro atoms. The second-order valence-electron chi connectivity index (χ2n) is 24.0. The maximum Gasteiger partial charge on any atom is 0.737 e. The Bertz CT molecular complexity index is 3570. The molecule has 0 aliphatic carbocycles. The first-order chi connectivity index (χ1) is 46.0. The predicted molar refractivity (Wildman–Crippen MR) is 355 cm³/mol. The first-order valence-electron chi connectivity index (χ1n) is 31.7. The molecular formula is C65H81BF2N10O17S2. The number of nitrogens with one attached hydrogen (secondary N) is 6. The highest BCUT2D eigenvalue weighted by molar-refractivity contribution is 8.00. The molecule has 1 aromatic heterocycles. The molecular weight excluding hydrogens is 1310 g/mol. The number of nitrogens with two attached hydrogens (primary N) is 1. The van der Waals surface area contributed by atoms with Gasteiger partial charge in [-0.15, -0.1) is 11.8 Å². The Morgan fingerprint density at radius 2 is 1.34 bits per heavy atom. The number of aryl methyl sites for hydroxylation is 2. The van der Waals surface area contributed by atoms with Gasteiger partial charge in [0.1, 0.15) is 23.6 Å². The van der Waals surface area contributed by atoms with Crippen LogP contribution in [-0.4, -0.2) is 190 Å². The third-order valence-corrected chi connectivity index (χ3v) is 18.1. The van der Waals surface area contributed by atoms with Crippen molar-refractivity contribution < 1.29 is 95.9 Å². The van der Waals surface area contributed by atoms with Crippen LogP contribution in [0.2, 0.25) is 0 Å². The van der Waals surface area contributed by atoms with Crippen molar-refractivity contribution in [2.75, 3.05) is 31.9 Å². The van der Waals surface area contributed by atoms with Gasteiger partial charge in [0.15, 0.2) is 22.4 Å². The number of imide groups is 1. The van der Waals surface area contributed by atoms with Gasteiger partial charge < -0.3 is 75.7 Å². The zero-order valence-corrected chi connectivity index (χ0v) is 55.3. The number of hydrogen-bond donors (Lipinski definition) is 11. The Hall–Kier alpha value is -9.30. The fourth-order valence-corrected chi connectivity index (χ4v) is 12.9. The van der Waals surface area contributed by atoms with Gasteiger partial charge >= 0.3 is 30.8 Å². The summed E-state index contributed by atoms with van der Waals surface area (Å²) in [5.74, 6) is -14.4. The number of amides is 6. The molecule has 6 amide bonds. The smallest absolute Gasteiger partial charge is 0.481 e. The maximum absolute atomic E-state index is 15.9. The van der Waals surface area contributed by atoms with Crippen molar-refractivity contribution in [3.05, 3.63) is 113 Å². The topological polar surface area (TPSA) is 412 Å². The minimum absolute atomic E-state index is 0.00670. The highest BCUT2D eigenvalue weighted by Crippen LogP contribution is 2.35. The molecule has 4 heterocycles. The van der Waals surface area contributed by atoms with Crippen molar-refractivity contribution >= 4 is 125 Å². The molecule has 1 unspecified atom stereocenters. The Morgan fingerprint density at radius 1 is 0.691 bits per heavy atom. The largest absolute Gasteiger partial charge is 0.737 e. The molecule has 0 radical (unpaired) electrons. The van der Waals surface area contributed by atoms with Gasteiger partial charge in [-0.2, -0.15) is 0 Å². The third-order valence-electron chi connectivity index (χ3n) is 16.5. The molecule has 0 bridgehead atoms. The van der Waals surface area contributed by atoms with Crippen LogP contribution < -0.4 is 37.6 Å². The number of unbranched alkanes of at least 4 members (excludes halogenated alkanes) is 1. The minimum atomic E-state index is -4.24.